The molecule has 5 nitrogen and oxygen atoms in total. The topological polar surface area (TPSA) is 57.6 Å². The Morgan fingerprint density at radius 2 is 2.19 bits per heavy atom. The molecule has 0 amide bonds. The minimum absolute atomic E-state index is 0.158. The number of halogens is 2. The highest BCUT2D eigenvalue weighted by Crippen LogP contribution is 2.40. The molecule has 2 heterocycles. The molecular formula is C19H22BrFN4OS. The summed E-state index contributed by atoms with van der Waals surface area (Å²) in [4.78, 5) is 23.6. The number of nitrogens with one attached hydrogen (secondary N) is 1. The van der Waals surface area contributed by atoms with E-state index in [0.29, 0.717) is 16.3 Å². The number of thiophene rings is 1. The number of allylic oxidation sites excluding steroid dienone is 3. The highest BCUT2D eigenvalue weighted by atomic mass is 79.9. The second-order valence-corrected chi connectivity index (χ2v) is 8.55. The van der Waals surface area contributed by atoms with Crippen LogP contribution in [0.1, 0.15) is 23.5 Å². The van der Waals surface area contributed by atoms with Gasteiger partial charge in [0.2, 0.25) is 0 Å². The van der Waals surface area contributed by atoms with Crippen molar-refractivity contribution in [1.82, 2.24) is 10.3 Å². The maximum absolute atomic E-state index is 13.4. The Hall–Kier alpha value is -2.06. The third kappa shape index (κ3) is 5.71. The highest BCUT2D eigenvalue weighted by Gasteiger charge is 2.16. The van der Waals surface area contributed by atoms with E-state index in [9.17, 15) is 9.18 Å². The van der Waals surface area contributed by atoms with Crippen molar-refractivity contribution in [3.8, 4) is 0 Å². The van der Waals surface area contributed by atoms with E-state index in [1.807, 2.05) is 38.1 Å². The van der Waals surface area contributed by atoms with Crippen molar-refractivity contribution < 1.29 is 9.18 Å². The van der Waals surface area contributed by atoms with E-state index in [2.05, 4.69) is 31.2 Å². The number of fused-ring (bicyclic) bond motifs is 1. The molecule has 0 bridgehead atoms. The van der Waals surface area contributed by atoms with Gasteiger partial charge >= 0.3 is 0 Å². The largest absolute Gasteiger partial charge is 0.377 e. The van der Waals surface area contributed by atoms with Gasteiger partial charge in [0.05, 0.1) is 28.0 Å². The number of pyridine rings is 1. The summed E-state index contributed by atoms with van der Waals surface area (Å²) in [6.45, 7) is 3.42. The van der Waals surface area contributed by atoms with Crippen LogP contribution < -0.4 is 10.2 Å². The number of rotatable bonds is 8. The van der Waals surface area contributed by atoms with Gasteiger partial charge in [-0.15, -0.1) is 11.3 Å². The van der Waals surface area contributed by atoms with Crippen molar-refractivity contribution >= 4 is 61.5 Å². The molecule has 27 heavy (non-hydrogen) atoms. The fraction of sp³-hybridized carbons (Fsp3) is 0.316. The zero-order valence-corrected chi connectivity index (χ0v) is 18.0. The Balaban J connectivity index is 2.40. The van der Waals surface area contributed by atoms with Gasteiger partial charge < -0.3 is 10.2 Å². The zero-order chi connectivity index (χ0) is 20.0. The van der Waals surface area contributed by atoms with Crippen LogP contribution in [0.4, 0.5) is 15.8 Å². The molecule has 2 aromatic rings. The van der Waals surface area contributed by atoms with E-state index < -0.39 is 6.17 Å². The molecule has 0 aliphatic carbocycles. The number of aliphatic imine (C=N–C) groups is 1. The van der Waals surface area contributed by atoms with Gasteiger partial charge in [-0.3, -0.25) is 4.79 Å². The molecule has 0 saturated carbocycles. The van der Waals surface area contributed by atoms with Crippen LogP contribution in [0.15, 0.2) is 41.2 Å². The normalized spacial score (nSPS) is 14.8. The molecule has 144 valence electrons. The summed E-state index contributed by atoms with van der Waals surface area (Å²) in [6, 6.07) is 1.88. The summed E-state index contributed by atoms with van der Waals surface area (Å²) in [5.41, 5.74) is 2.07. The summed E-state index contributed by atoms with van der Waals surface area (Å²) in [5, 5.41) is 3.81. The van der Waals surface area contributed by atoms with Gasteiger partial charge in [-0.05, 0) is 32.1 Å². The fourth-order valence-corrected chi connectivity index (χ4v) is 3.47. The molecule has 0 fully saturated rings. The monoisotopic (exact) mass is 452 g/mol. The number of aromatic nitrogens is 1. The van der Waals surface area contributed by atoms with Crippen LogP contribution in [0, 0.1) is 0 Å². The molecule has 2 unspecified atom stereocenters. The van der Waals surface area contributed by atoms with Gasteiger partial charge in [-0.25, -0.2) is 14.4 Å². The van der Waals surface area contributed by atoms with Gasteiger partial charge in [-0.1, -0.05) is 22.0 Å². The minimum Gasteiger partial charge on any atom is -0.377 e. The summed E-state index contributed by atoms with van der Waals surface area (Å²) in [6.07, 6.45) is 7.99. The van der Waals surface area contributed by atoms with Gasteiger partial charge in [-0.2, -0.15) is 0 Å². The molecule has 2 rings (SSSR count). The second-order valence-electron chi connectivity index (χ2n) is 6.08. The summed E-state index contributed by atoms with van der Waals surface area (Å²) >= 11 is 4.71. The van der Waals surface area contributed by atoms with Crippen LogP contribution in [-0.2, 0) is 0 Å². The van der Waals surface area contributed by atoms with Crippen LogP contribution >= 0.6 is 27.3 Å². The van der Waals surface area contributed by atoms with Crippen molar-refractivity contribution in [2.45, 2.75) is 24.8 Å². The van der Waals surface area contributed by atoms with E-state index in [4.69, 9.17) is 0 Å². The molecule has 0 radical (unpaired) electrons. The quantitative estimate of drug-likeness (QED) is 0.201. The lowest BCUT2D eigenvalue weighted by Crippen LogP contribution is -2.11. The van der Waals surface area contributed by atoms with Crippen molar-refractivity contribution in [3.63, 3.8) is 0 Å². The molecule has 1 N–H and O–H groups in total. The average Bonchev–Trinajstić information content (AvgIpc) is 2.96. The van der Waals surface area contributed by atoms with Crippen molar-refractivity contribution in [2.24, 2.45) is 4.99 Å². The van der Waals surface area contributed by atoms with Crippen molar-refractivity contribution in [1.29, 1.82) is 0 Å². The maximum atomic E-state index is 13.4. The number of carbonyl (C=O) groups is 1. The molecule has 0 saturated heterocycles. The Labute approximate surface area is 170 Å². The van der Waals surface area contributed by atoms with E-state index in [-0.39, 0.29) is 4.83 Å². The maximum Gasteiger partial charge on any atom is 0.162 e. The van der Waals surface area contributed by atoms with E-state index in [1.54, 1.807) is 12.3 Å². The number of hydrogen-bond donors (Lipinski definition) is 1. The smallest absolute Gasteiger partial charge is 0.162 e. The van der Waals surface area contributed by atoms with E-state index in [1.165, 1.54) is 30.7 Å². The third-order valence-electron chi connectivity index (χ3n) is 3.53. The first-order chi connectivity index (χ1) is 12.8. The molecule has 0 spiro atoms. The number of alkyl halides is 2. The minimum atomic E-state index is -1.10. The fourth-order valence-electron chi connectivity index (χ4n) is 2.40. The lowest BCUT2D eigenvalue weighted by Gasteiger charge is -2.13. The Morgan fingerprint density at radius 1 is 1.44 bits per heavy atom. The standard InChI is InChI=1S/C19H22BrFN4OS/c1-12(20)5-6-14(9-13(2)21)23-11-24-18-16(10-26)27-19-17(18)15(25(3)4)7-8-22-19/h5-13H,1-4H3,(H,23,24)/b6-5-,14-9+. The molecule has 0 aliphatic rings. The zero-order valence-electron chi connectivity index (χ0n) is 15.6. The number of aldehydes is 1. The number of hydrogen-bond acceptors (Lipinski definition) is 5. The van der Waals surface area contributed by atoms with Gasteiger partial charge in [0.25, 0.3) is 0 Å². The van der Waals surface area contributed by atoms with Crippen LogP contribution in [-0.4, -0.2) is 42.7 Å². The first-order valence-corrected chi connectivity index (χ1v) is 10.1. The van der Waals surface area contributed by atoms with Crippen LogP contribution in [0.5, 0.6) is 0 Å². The Morgan fingerprint density at radius 3 is 2.78 bits per heavy atom. The predicted molar refractivity (Wildman–Crippen MR) is 117 cm³/mol. The number of carbonyl (C=O) groups excluding carboxylic acids is 1. The lowest BCUT2D eigenvalue weighted by molar-refractivity contribution is 0.112. The number of anilines is 1. The average molecular weight is 453 g/mol. The Bertz CT molecular complexity index is 887. The van der Waals surface area contributed by atoms with E-state index in [0.717, 1.165) is 22.2 Å². The SMILES string of the molecule is CC(Br)/C=C\C(=C/C(C)F)NC=Nc1c(C=O)sc2nccc(N(C)C)c12. The van der Waals surface area contributed by atoms with Crippen LogP contribution in [0.3, 0.4) is 0 Å². The van der Waals surface area contributed by atoms with Gasteiger partial charge in [0, 0.05) is 30.8 Å². The molecule has 0 aliphatic heterocycles. The summed E-state index contributed by atoms with van der Waals surface area (Å²) in [5.74, 6) is 0. The van der Waals surface area contributed by atoms with E-state index >= 15 is 0 Å². The van der Waals surface area contributed by atoms with Crippen molar-refractivity contribution in [3.05, 3.63) is 41.1 Å². The van der Waals surface area contributed by atoms with Crippen molar-refractivity contribution in [2.75, 3.05) is 19.0 Å². The molecule has 2 aromatic heterocycles. The lowest BCUT2D eigenvalue weighted by atomic mass is 10.2. The van der Waals surface area contributed by atoms with Crippen LogP contribution in [0.2, 0.25) is 0 Å². The first kappa shape index (κ1) is 21.2. The molecule has 0 aromatic carbocycles. The van der Waals surface area contributed by atoms with Crippen LogP contribution in [0.25, 0.3) is 10.2 Å². The first-order valence-electron chi connectivity index (χ1n) is 8.34. The molecular weight excluding hydrogens is 431 g/mol. The summed E-state index contributed by atoms with van der Waals surface area (Å²) in [7, 11) is 3.85. The molecule has 8 heteroatoms. The third-order valence-corrected chi connectivity index (χ3v) is 4.85. The molecule has 2 atom stereocenters. The summed E-state index contributed by atoms with van der Waals surface area (Å²) < 4.78 is 13.4. The highest BCUT2D eigenvalue weighted by molar-refractivity contribution is 9.09. The predicted octanol–water partition coefficient (Wildman–Crippen LogP) is 5.01. The number of nitrogens with zero attached hydrogens (tertiary/aromatic N) is 3. The second kappa shape index (κ2) is 9.75. The van der Waals surface area contributed by atoms with Gasteiger partial charge in [0.1, 0.15) is 11.0 Å². The Kier molecular flexibility index (Phi) is 7.67. The van der Waals surface area contributed by atoms with Gasteiger partial charge in [0.15, 0.2) is 6.29 Å².